The second kappa shape index (κ2) is 7.62. The molecule has 0 bridgehead atoms. The van der Waals surface area contributed by atoms with Gasteiger partial charge in [-0.1, -0.05) is 13.3 Å². The summed E-state index contributed by atoms with van der Waals surface area (Å²) in [5.74, 6) is -0.390. The standard InChI is InChI=1S/C12H18N2O3/c1-2-3-7-17-8-6-14-11-9-10(12(15)16)4-5-13-11/h4-5,9H,2-3,6-8H2,1H3,(H,13,14)(H,15,16). The lowest BCUT2D eigenvalue weighted by molar-refractivity contribution is 0.0697. The number of nitrogens with one attached hydrogen (secondary N) is 1. The Morgan fingerprint density at radius 3 is 3.06 bits per heavy atom. The van der Waals surface area contributed by atoms with Crippen LogP contribution in [0.25, 0.3) is 0 Å². The Labute approximate surface area is 101 Å². The summed E-state index contributed by atoms with van der Waals surface area (Å²) in [5, 5.41) is 11.8. The number of rotatable bonds is 8. The first-order valence-corrected chi connectivity index (χ1v) is 5.75. The van der Waals surface area contributed by atoms with E-state index < -0.39 is 5.97 Å². The molecule has 17 heavy (non-hydrogen) atoms. The first-order valence-electron chi connectivity index (χ1n) is 5.75. The average Bonchev–Trinajstić information content (AvgIpc) is 2.34. The second-order valence-electron chi connectivity index (χ2n) is 3.63. The van der Waals surface area contributed by atoms with Crippen molar-refractivity contribution < 1.29 is 14.6 Å². The van der Waals surface area contributed by atoms with Gasteiger partial charge in [-0.2, -0.15) is 0 Å². The molecular weight excluding hydrogens is 220 g/mol. The fourth-order valence-electron chi connectivity index (χ4n) is 1.26. The molecule has 0 spiro atoms. The summed E-state index contributed by atoms with van der Waals surface area (Å²) in [7, 11) is 0. The molecule has 0 radical (unpaired) electrons. The van der Waals surface area contributed by atoms with Crippen LogP contribution in [0.1, 0.15) is 30.1 Å². The van der Waals surface area contributed by atoms with Crippen LogP contribution in [0.15, 0.2) is 18.3 Å². The highest BCUT2D eigenvalue weighted by Gasteiger charge is 2.03. The molecule has 0 amide bonds. The largest absolute Gasteiger partial charge is 0.478 e. The number of aromatic carboxylic acids is 1. The van der Waals surface area contributed by atoms with Crippen LogP contribution in [0.2, 0.25) is 0 Å². The summed E-state index contributed by atoms with van der Waals surface area (Å²) in [5.41, 5.74) is 0.231. The first-order chi connectivity index (χ1) is 8.24. The van der Waals surface area contributed by atoms with Gasteiger partial charge in [0.05, 0.1) is 12.2 Å². The molecule has 0 aromatic carbocycles. The molecule has 1 aromatic rings. The Morgan fingerprint density at radius 2 is 2.35 bits per heavy atom. The van der Waals surface area contributed by atoms with E-state index in [0.29, 0.717) is 19.0 Å². The van der Waals surface area contributed by atoms with E-state index in [-0.39, 0.29) is 5.56 Å². The Balaban J connectivity index is 2.27. The normalized spacial score (nSPS) is 10.2. The Bertz CT molecular complexity index is 355. The van der Waals surface area contributed by atoms with Crippen LogP contribution in [0.3, 0.4) is 0 Å². The van der Waals surface area contributed by atoms with E-state index in [1.807, 2.05) is 0 Å². The summed E-state index contributed by atoms with van der Waals surface area (Å²) < 4.78 is 5.37. The van der Waals surface area contributed by atoms with Crippen molar-refractivity contribution in [2.75, 3.05) is 25.1 Å². The minimum absolute atomic E-state index is 0.231. The maximum absolute atomic E-state index is 10.7. The average molecular weight is 238 g/mol. The minimum atomic E-state index is -0.949. The second-order valence-corrected chi connectivity index (χ2v) is 3.63. The van der Waals surface area contributed by atoms with Crippen molar-refractivity contribution in [1.82, 2.24) is 4.98 Å². The molecule has 1 aromatic heterocycles. The van der Waals surface area contributed by atoms with Gasteiger partial charge in [-0.15, -0.1) is 0 Å². The summed E-state index contributed by atoms with van der Waals surface area (Å²) in [4.78, 5) is 14.7. The van der Waals surface area contributed by atoms with Gasteiger partial charge in [-0.3, -0.25) is 0 Å². The van der Waals surface area contributed by atoms with Crippen molar-refractivity contribution >= 4 is 11.8 Å². The maximum atomic E-state index is 10.7. The molecule has 0 saturated heterocycles. The molecule has 0 aliphatic rings. The van der Waals surface area contributed by atoms with Gasteiger partial charge >= 0.3 is 5.97 Å². The van der Waals surface area contributed by atoms with Crippen LogP contribution in [0.5, 0.6) is 0 Å². The number of aromatic nitrogens is 1. The fourth-order valence-corrected chi connectivity index (χ4v) is 1.26. The highest BCUT2D eigenvalue weighted by molar-refractivity contribution is 5.88. The number of carboxylic acid groups (broad SMARTS) is 1. The number of carboxylic acids is 1. The van der Waals surface area contributed by atoms with E-state index in [0.717, 1.165) is 19.4 Å². The summed E-state index contributed by atoms with van der Waals surface area (Å²) in [6, 6.07) is 2.97. The molecule has 1 heterocycles. The highest BCUT2D eigenvalue weighted by Crippen LogP contribution is 2.06. The molecule has 0 atom stereocenters. The molecular formula is C12H18N2O3. The topological polar surface area (TPSA) is 71.5 Å². The maximum Gasteiger partial charge on any atom is 0.335 e. The number of hydrogen-bond donors (Lipinski definition) is 2. The van der Waals surface area contributed by atoms with Crippen molar-refractivity contribution in [3.63, 3.8) is 0 Å². The number of unbranched alkanes of at least 4 members (excludes halogenated alkanes) is 1. The van der Waals surface area contributed by atoms with Gasteiger partial charge in [0, 0.05) is 19.3 Å². The van der Waals surface area contributed by atoms with Gasteiger partial charge in [0.2, 0.25) is 0 Å². The Kier molecular flexibility index (Phi) is 6.03. The zero-order valence-electron chi connectivity index (χ0n) is 9.98. The third-order valence-electron chi connectivity index (χ3n) is 2.20. The van der Waals surface area contributed by atoms with Gasteiger partial charge in [-0.05, 0) is 18.6 Å². The van der Waals surface area contributed by atoms with Crippen LogP contribution in [-0.2, 0) is 4.74 Å². The Hall–Kier alpha value is -1.62. The lowest BCUT2D eigenvalue weighted by Crippen LogP contribution is -2.11. The lowest BCUT2D eigenvalue weighted by atomic mass is 10.2. The van der Waals surface area contributed by atoms with Gasteiger partial charge in [0.1, 0.15) is 5.82 Å². The quantitative estimate of drug-likeness (QED) is 0.678. The molecule has 0 unspecified atom stereocenters. The predicted octanol–water partition coefficient (Wildman–Crippen LogP) is 2.01. The molecule has 94 valence electrons. The van der Waals surface area contributed by atoms with Gasteiger partial charge in [-0.25, -0.2) is 9.78 Å². The number of pyridine rings is 1. The van der Waals surface area contributed by atoms with E-state index in [1.165, 1.54) is 18.3 Å². The van der Waals surface area contributed by atoms with Crippen LogP contribution in [-0.4, -0.2) is 35.8 Å². The highest BCUT2D eigenvalue weighted by atomic mass is 16.5. The predicted molar refractivity (Wildman–Crippen MR) is 65.4 cm³/mol. The number of ether oxygens (including phenoxy) is 1. The molecule has 0 fully saturated rings. The van der Waals surface area contributed by atoms with E-state index in [2.05, 4.69) is 17.2 Å². The molecule has 5 nitrogen and oxygen atoms in total. The van der Waals surface area contributed by atoms with Crippen molar-refractivity contribution in [3.05, 3.63) is 23.9 Å². The summed E-state index contributed by atoms with van der Waals surface area (Å²) in [6.07, 6.45) is 3.66. The van der Waals surface area contributed by atoms with E-state index in [1.54, 1.807) is 0 Å². The van der Waals surface area contributed by atoms with Crippen LogP contribution in [0, 0.1) is 0 Å². The van der Waals surface area contributed by atoms with Crippen LogP contribution >= 0.6 is 0 Å². The molecule has 0 saturated carbocycles. The molecule has 2 N–H and O–H groups in total. The van der Waals surface area contributed by atoms with Gasteiger partial charge < -0.3 is 15.2 Å². The molecule has 1 rings (SSSR count). The monoisotopic (exact) mass is 238 g/mol. The number of anilines is 1. The van der Waals surface area contributed by atoms with E-state index in [9.17, 15) is 4.79 Å². The molecule has 0 aliphatic heterocycles. The number of nitrogens with zero attached hydrogens (tertiary/aromatic N) is 1. The van der Waals surface area contributed by atoms with Crippen LogP contribution < -0.4 is 5.32 Å². The van der Waals surface area contributed by atoms with Crippen molar-refractivity contribution in [2.45, 2.75) is 19.8 Å². The third-order valence-corrected chi connectivity index (χ3v) is 2.20. The van der Waals surface area contributed by atoms with Crippen molar-refractivity contribution in [3.8, 4) is 0 Å². The first kappa shape index (κ1) is 13.4. The molecule has 0 aliphatic carbocycles. The fraction of sp³-hybridized carbons (Fsp3) is 0.500. The van der Waals surface area contributed by atoms with E-state index in [4.69, 9.17) is 9.84 Å². The lowest BCUT2D eigenvalue weighted by Gasteiger charge is -2.06. The summed E-state index contributed by atoms with van der Waals surface area (Å²) in [6.45, 7) is 4.10. The number of hydrogen-bond acceptors (Lipinski definition) is 4. The zero-order chi connectivity index (χ0) is 12.5. The van der Waals surface area contributed by atoms with Gasteiger partial charge in [0.15, 0.2) is 0 Å². The number of carbonyl (C=O) groups is 1. The van der Waals surface area contributed by atoms with E-state index >= 15 is 0 Å². The Morgan fingerprint density at radius 1 is 1.53 bits per heavy atom. The van der Waals surface area contributed by atoms with Crippen molar-refractivity contribution in [2.24, 2.45) is 0 Å². The zero-order valence-corrected chi connectivity index (χ0v) is 9.98. The smallest absolute Gasteiger partial charge is 0.335 e. The SMILES string of the molecule is CCCCOCCNc1cc(C(=O)O)ccn1. The third kappa shape index (κ3) is 5.31. The summed E-state index contributed by atoms with van der Waals surface area (Å²) >= 11 is 0. The molecule has 5 heteroatoms. The van der Waals surface area contributed by atoms with Crippen molar-refractivity contribution in [1.29, 1.82) is 0 Å². The minimum Gasteiger partial charge on any atom is -0.478 e. The van der Waals surface area contributed by atoms with Gasteiger partial charge in [0.25, 0.3) is 0 Å². The van der Waals surface area contributed by atoms with Crippen LogP contribution in [0.4, 0.5) is 5.82 Å².